The van der Waals surface area contributed by atoms with E-state index in [1.165, 1.54) is 11.1 Å². The van der Waals surface area contributed by atoms with Crippen LogP contribution < -0.4 is 10.5 Å². The molecular formula is C14H22N2O2. The SMILES string of the molecule is Cc1cc(C)c(C)c(OCCOC(C)C(=N)N)c1. The van der Waals surface area contributed by atoms with Gasteiger partial charge in [0.05, 0.1) is 6.61 Å². The van der Waals surface area contributed by atoms with E-state index in [1.807, 2.05) is 19.9 Å². The summed E-state index contributed by atoms with van der Waals surface area (Å²) in [6.45, 7) is 8.80. The van der Waals surface area contributed by atoms with Crippen molar-refractivity contribution in [3.63, 3.8) is 0 Å². The molecule has 4 heteroatoms. The molecule has 1 unspecified atom stereocenters. The predicted molar refractivity (Wildman–Crippen MR) is 73.5 cm³/mol. The minimum absolute atomic E-state index is 0.0394. The van der Waals surface area contributed by atoms with Gasteiger partial charge in [-0.05, 0) is 50.5 Å². The number of hydrogen-bond acceptors (Lipinski definition) is 3. The molecule has 0 spiro atoms. The smallest absolute Gasteiger partial charge is 0.122 e. The Hall–Kier alpha value is -1.55. The van der Waals surface area contributed by atoms with Crippen molar-refractivity contribution in [1.29, 1.82) is 5.41 Å². The van der Waals surface area contributed by atoms with Crippen molar-refractivity contribution in [3.05, 3.63) is 28.8 Å². The molecule has 0 radical (unpaired) electrons. The van der Waals surface area contributed by atoms with Gasteiger partial charge >= 0.3 is 0 Å². The fourth-order valence-corrected chi connectivity index (χ4v) is 1.62. The highest BCUT2D eigenvalue weighted by Crippen LogP contribution is 2.23. The minimum atomic E-state index is -0.353. The molecule has 0 saturated carbocycles. The molecule has 0 bridgehead atoms. The zero-order chi connectivity index (χ0) is 13.7. The van der Waals surface area contributed by atoms with E-state index < -0.39 is 0 Å². The summed E-state index contributed by atoms with van der Waals surface area (Å²) in [5.41, 5.74) is 8.87. The van der Waals surface area contributed by atoms with Crippen LogP contribution in [0.2, 0.25) is 0 Å². The lowest BCUT2D eigenvalue weighted by Crippen LogP contribution is -2.29. The van der Waals surface area contributed by atoms with Crippen LogP contribution in [0.15, 0.2) is 12.1 Å². The van der Waals surface area contributed by atoms with Gasteiger partial charge in [-0.25, -0.2) is 0 Å². The zero-order valence-electron chi connectivity index (χ0n) is 11.5. The molecule has 4 nitrogen and oxygen atoms in total. The Balaban J connectivity index is 2.47. The summed E-state index contributed by atoms with van der Waals surface area (Å²) in [6.07, 6.45) is -0.353. The van der Waals surface area contributed by atoms with Crippen LogP contribution in [0.25, 0.3) is 0 Å². The van der Waals surface area contributed by atoms with Crippen molar-refractivity contribution in [2.75, 3.05) is 13.2 Å². The van der Waals surface area contributed by atoms with Gasteiger partial charge in [0, 0.05) is 0 Å². The molecule has 0 aliphatic heterocycles. The molecule has 1 aromatic rings. The van der Waals surface area contributed by atoms with E-state index in [4.69, 9.17) is 20.6 Å². The number of nitrogens with two attached hydrogens (primary N) is 1. The summed E-state index contributed by atoms with van der Waals surface area (Å²) in [5.74, 6) is 0.934. The average molecular weight is 250 g/mol. The minimum Gasteiger partial charge on any atom is -0.491 e. The normalized spacial score (nSPS) is 12.2. The Morgan fingerprint density at radius 1 is 1.28 bits per heavy atom. The first kappa shape index (κ1) is 14.5. The first-order valence-corrected chi connectivity index (χ1v) is 6.08. The van der Waals surface area contributed by atoms with Crippen LogP contribution in [0, 0.1) is 26.2 Å². The highest BCUT2D eigenvalue weighted by molar-refractivity contribution is 5.81. The fraction of sp³-hybridized carbons (Fsp3) is 0.500. The molecule has 1 atom stereocenters. The third-order valence-electron chi connectivity index (χ3n) is 2.91. The number of aryl methyl sites for hydroxylation is 2. The maximum Gasteiger partial charge on any atom is 0.122 e. The van der Waals surface area contributed by atoms with E-state index in [2.05, 4.69) is 13.0 Å². The van der Waals surface area contributed by atoms with Crippen molar-refractivity contribution in [1.82, 2.24) is 0 Å². The Morgan fingerprint density at radius 3 is 2.56 bits per heavy atom. The Morgan fingerprint density at radius 2 is 1.94 bits per heavy atom. The number of nitrogens with one attached hydrogen (secondary N) is 1. The first-order valence-electron chi connectivity index (χ1n) is 6.08. The number of ether oxygens (including phenoxy) is 2. The standard InChI is InChI=1S/C14H22N2O2/c1-9-7-10(2)11(3)13(8-9)18-6-5-17-12(4)14(15)16/h7-8,12H,5-6H2,1-4H3,(H3,15,16). The lowest BCUT2D eigenvalue weighted by atomic mass is 10.1. The highest BCUT2D eigenvalue weighted by Gasteiger charge is 2.06. The van der Waals surface area contributed by atoms with Gasteiger partial charge in [-0.3, -0.25) is 5.41 Å². The molecule has 1 rings (SSSR count). The molecule has 0 aliphatic carbocycles. The third kappa shape index (κ3) is 4.04. The van der Waals surface area contributed by atoms with Gasteiger partial charge in [0.25, 0.3) is 0 Å². The van der Waals surface area contributed by atoms with Crippen LogP contribution in [0.4, 0.5) is 0 Å². The van der Waals surface area contributed by atoms with Crippen molar-refractivity contribution in [3.8, 4) is 5.75 Å². The molecule has 0 aliphatic rings. The van der Waals surface area contributed by atoms with Gasteiger partial charge in [-0.2, -0.15) is 0 Å². The largest absolute Gasteiger partial charge is 0.491 e. The number of hydrogen-bond donors (Lipinski definition) is 2. The van der Waals surface area contributed by atoms with E-state index in [1.54, 1.807) is 6.92 Å². The monoisotopic (exact) mass is 250 g/mol. The van der Waals surface area contributed by atoms with Crippen LogP contribution in [0.3, 0.4) is 0 Å². The number of amidine groups is 1. The second kappa shape index (κ2) is 6.40. The molecule has 0 amide bonds. The number of benzene rings is 1. The van der Waals surface area contributed by atoms with E-state index >= 15 is 0 Å². The van der Waals surface area contributed by atoms with E-state index in [0.29, 0.717) is 13.2 Å². The van der Waals surface area contributed by atoms with Gasteiger partial charge in [-0.15, -0.1) is 0 Å². The van der Waals surface area contributed by atoms with Crippen molar-refractivity contribution >= 4 is 5.84 Å². The van der Waals surface area contributed by atoms with Gasteiger partial charge in [-0.1, -0.05) is 6.07 Å². The second-order valence-electron chi connectivity index (χ2n) is 4.52. The zero-order valence-corrected chi connectivity index (χ0v) is 11.5. The Labute approximate surface area is 109 Å². The fourth-order valence-electron chi connectivity index (χ4n) is 1.62. The Kier molecular flexibility index (Phi) is 5.16. The summed E-state index contributed by atoms with van der Waals surface area (Å²) in [6, 6.07) is 4.16. The molecular weight excluding hydrogens is 228 g/mol. The second-order valence-corrected chi connectivity index (χ2v) is 4.52. The van der Waals surface area contributed by atoms with Gasteiger partial charge in [0.1, 0.15) is 24.3 Å². The summed E-state index contributed by atoms with van der Waals surface area (Å²) in [4.78, 5) is 0. The van der Waals surface area contributed by atoms with Crippen molar-refractivity contribution < 1.29 is 9.47 Å². The van der Waals surface area contributed by atoms with Crippen LogP contribution in [0.1, 0.15) is 23.6 Å². The maximum atomic E-state index is 7.20. The molecule has 100 valence electrons. The van der Waals surface area contributed by atoms with Gasteiger partial charge in [0.2, 0.25) is 0 Å². The molecule has 1 aromatic carbocycles. The molecule has 0 fully saturated rings. The van der Waals surface area contributed by atoms with Gasteiger partial charge < -0.3 is 15.2 Å². The molecule has 18 heavy (non-hydrogen) atoms. The van der Waals surface area contributed by atoms with Crippen LogP contribution in [0.5, 0.6) is 5.75 Å². The molecule has 0 saturated heterocycles. The van der Waals surface area contributed by atoms with Crippen molar-refractivity contribution in [2.45, 2.75) is 33.8 Å². The molecule has 0 heterocycles. The van der Waals surface area contributed by atoms with E-state index in [0.717, 1.165) is 11.3 Å². The van der Waals surface area contributed by atoms with Crippen LogP contribution in [-0.2, 0) is 4.74 Å². The number of rotatable bonds is 6. The summed E-state index contributed by atoms with van der Waals surface area (Å²) >= 11 is 0. The lowest BCUT2D eigenvalue weighted by molar-refractivity contribution is 0.0791. The van der Waals surface area contributed by atoms with E-state index in [9.17, 15) is 0 Å². The maximum absolute atomic E-state index is 7.20. The summed E-state index contributed by atoms with van der Waals surface area (Å²) in [5, 5.41) is 7.20. The average Bonchev–Trinajstić information content (AvgIpc) is 2.29. The highest BCUT2D eigenvalue weighted by atomic mass is 16.5. The van der Waals surface area contributed by atoms with Crippen LogP contribution >= 0.6 is 0 Å². The van der Waals surface area contributed by atoms with Crippen molar-refractivity contribution in [2.24, 2.45) is 5.73 Å². The molecule has 0 aromatic heterocycles. The molecule has 3 N–H and O–H groups in total. The summed E-state index contributed by atoms with van der Waals surface area (Å²) in [7, 11) is 0. The van der Waals surface area contributed by atoms with Crippen LogP contribution in [-0.4, -0.2) is 25.2 Å². The topological polar surface area (TPSA) is 68.3 Å². The quantitative estimate of drug-likeness (QED) is 0.462. The third-order valence-corrected chi connectivity index (χ3v) is 2.91. The Bertz CT molecular complexity index is 430. The van der Waals surface area contributed by atoms with E-state index in [-0.39, 0.29) is 11.9 Å². The van der Waals surface area contributed by atoms with Gasteiger partial charge in [0.15, 0.2) is 0 Å². The lowest BCUT2D eigenvalue weighted by Gasteiger charge is -2.14. The summed E-state index contributed by atoms with van der Waals surface area (Å²) < 4.78 is 11.0. The predicted octanol–water partition coefficient (Wildman–Crippen LogP) is 2.33. The first-order chi connectivity index (χ1) is 8.41.